The van der Waals surface area contributed by atoms with Gasteiger partial charge < -0.3 is 24.6 Å². The highest BCUT2D eigenvalue weighted by molar-refractivity contribution is 6.09. The molecule has 0 radical (unpaired) electrons. The number of aromatic amines is 1. The fourth-order valence-corrected chi connectivity index (χ4v) is 1.93. The van der Waals surface area contributed by atoms with Crippen molar-refractivity contribution in [3.8, 4) is 5.75 Å². The molecule has 0 aliphatic rings. The zero-order valence-electron chi connectivity index (χ0n) is 14.3. The smallest absolute Gasteiger partial charge is 0.493 e. The van der Waals surface area contributed by atoms with Crippen molar-refractivity contribution in [1.29, 1.82) is 0 Å². The second-order valence-electron chi connectivity index (χ2n) is 4.98. The Labute approximate surface area is 154 Å². The number of carbonyl (C=O) groups excluding carboxylic acids is 3. The molecule has 150 valence electrons. The molecule has 1 heterocycles. The largest absolute Gasteiger partial charge is 0.494 e. The summed E-state index contributed by atoms with van der Waals surface area (Å²) < 4.78 is 46.0. The summed E-state index contributed by atoms with van der Waals surface area (Å²) in [5, 5.41) is 2.43. The number of ether oxygens (including phenoxy) is 2. The lowest BCUT2D eigenvalue weighted by Crippen LogP contribution is -2.27. The predicted molar refractivity (Wildman–Crippen MR) is 86.6 cm³/mol. The third-order valence-corrected chi connectivity index (χ3v) is 3.19. The summed E-state index contributed by atoms with van der Waals surface area (Å²) in [4.78, 5) is 44.7. The number of hydrogen-bond donors (Lipinski definition) is 3. The maximum absolute atomic E-state index is 12.3. The van der Waals surface area contributed by atoms with E-state index in [2.05, 4.69) is 24.9 Å². The van der Waals surface area contributed by atoms with E-state index in [4.69, 9.17) is 4.74 Å². The molecule has 0 aliphatic carbocycles. The van der Waals surface area contributed by atoms with Crippen LogP contribution in [-0.2, 0) is 14.4 Å². The number of alkyl halides is 3. The Bertz CT molecular complexity index is 896. The van der Waals surface area contributed by atoms with Gasteiger partial charge in [-0.15, -0.1) is 0 Å². The Morgan fingerprint density at radius 1 is 1.18 bits per heavy atom. The molecule has 0 spiro atoms. The van der Waals surface area contributed by atoms with Crippen molar-refractivity contribution in [1.82, 2.24) is 9.97 Å². The number of benzene rings is 1. The summed E-state index contributed by atoms with van der Waals surface area (Å²) in [5.74, 6) is -4.04. The van der Waals surface area contributed by atoms with Crippen molar-refractivity contribution < 1.29 is 41.9 Å². The second-order valence-corrected chi connectivity index (χ2v) is 4.98. The fraction of sp³-hybridized carbons (Fsp3) is 0.200. The van der Waals surface area contributed by atoms with Crippen molar-refractivity contribution >= 4 is 29.2 Å². The van der Waals surface area contributed by atoms with Gasteiger partial charge in [0.05, 0.1) is 20.5 Å². The highest BCUT2D eigenvalue weighted by atomic mass is 19.4. The first-order valence-electron chi connectivity index (χ1n) is 7.32. The van der Waals surface area contributed by atoms with Crippen LogP contribution < -0.4 is 15.5 Å². The first-order chi connectivity index (χ1) is 13.2. The van der Waals surface area contributed by atoms with Gasteiger partial charge in [0.1, 0.15) is 11.4 Å². The zero-order chi connectivity index (χ0) is 20.9. The van der Waals surface area contributed by atoms with E-state index in [0.29, 0.717) is 0 Å². The maximum atomic E-state index is 12.3. The number of methoxy groups -OCH3 is 2. The summed E-state index contributed by atoms with van der Waals surface area (Å²) in [7, 11) is 2.34. The number of nitrogens with zero attached hydrogens (tertiary/aromatic N) is 1. The molecule has 1 amide bonds. The van der Waals surface area contributed by atoms with Crippen LogP contribution in [0.5, 0.6) is 5.75 Å². The van der Waals surface area contributed by atoms with Crippen molar-refractivity contribution in [3.05, 3.63) is 35.9 Å². The Morgan fingerprint density at radius 2 is 1.89 bits per heavy atom. The van der Waals surface area contributed by atoms with Gasteiger partial charge in [-0.2, -0.15) is 13.2 Å². The molecule has 0 bridgehead atoms. The molecule has 28 heavy (non-hydrogen) atoms. The Balaban J connectivity index is 2.14. The molecule has 0 fully saturated rings. The van der Waals surface area contributed by atoms with Crippen molar-refractivity contribution in [2.45, 2.75) is 6.18 Å². The van der Waals surface area contributed by atoms with Crippen LogP contribution in [0.4, 0.5) is 24.5 Å². The van der Waals surface area contributed by atoms with Crippen molar-refractivity contribution in [3.63, 3.8) is 0 Å². The average molecular weight is 402 g/mol. The molecule has 0 atom stereocenters. The molecule has 0 saturated heterocycles. The standard InChI is InChI=1S/C15H13F3N4O6/c1-26-9-5-7(3-4-8(9)22-28-14(25)15(16,17)18)21-12(23)10-11(13(24)27-2)20-6-19-10/h3-6,22H,1-2H3,(H,19,20)(H,21,23). The molecule has 0 unspecified atom stereocenters. The van der Waals surface area contributed by atoms with Gasteiger partial charge in [0, 0.05) is 11.8 Å². The van der Waals surface area contributed by atoms with Crippen LogP contribution in [0, 0.1) is 0 Å². The first-order valence-corrected chi connectivity index (χ1v) is 7.32. The van der Waals surface area contributed by atoms with E-state index < -0.39 is 24.0 Å². The zero-order valence-corrected chi connectivity index (χ0v) is 14.3. The lowest BCUT2D eigenvalue weighted by molar-refractivity contribution is -0.196. The molecule has 1 aromatic heterocycles. The predicted octanol–water partition coefficient (Wildman–Crippen LogP) is 1.89. The average Bonchev–Trinajstić information content (AvgIpc) is 3.15. The van der Waals surface area contributed by atoms with Crippen molar-refractivity contribution in [2.75, 3.05) is 25.0 Å². The monoisotopic (exact) mass is 402 g/mol. The van der Waals surface area contributed by atoms with Crippen LogP contribution in [0.2, 0.25) is 0 Å². The Morgan fingerprint density at radius 3 is 2.50 bits per heavy atom. The van der Waals surface area contributed by atoms with Crippen LogP contribution in [0.25, 0.3) is 0 Å². The van der Waals surface area contributed by atoms with E-state index in [1.54, 1.807) is 0 Å². The van der Waals surface area contributed by atoms with Gasteiger partial charge in [-0.25, -0.2) is 20.1 Å². The van der Waals surface area contributed by atoms with E-state index in [1.165, 1.54) is 25.3 Å². The minimum absolute atomic E-state index is 0.0389. The molecular weight excluding hydrogens is 389 g/mol. The van der Waals surface area contributed by atoms with Gasteiger partial charge in [0.2, 0.25) is 0 Å². The molecule has 3 N–H and O–H groups in total. The van der Waals surface area contributed by atoms with Gasteiger partial charge >= 0.3 is 18.1 Å². The molecular formula is C15H13F3N4O6. The minimum Gasteiger partial charge on any atom is -0.494 e. The number of hydrogen-bond acceptors (Lipinski definition) is 8. The van der Waals surface area contributed by atoms with E-state index in [0.717, 1.165) is 13.4 Å². The van der Waals surface area contributed by atoms with Gasteiger partial charge in [-0.1, -0.05) is 0 Å². The number of esters is 1. The lowest BCUT2D eigenvalue weighted by atomic mass is 10.2. The highest BCUT2D eigenvalue weighted by Crippen LogP contribution is 2.29. The van der Waals surface area contributed by atoms with Crippen LogP contribution in [-0.4, -0.2) is 48.2 Å². The fourth-order valence-electron chi connectivity index (χ4n) is 1.93. The molecule has 2 aromatic rings. The quantitative estimate of drug-likeness (QED) is 0.493. The Hall–Kier alpha value is -3.77. The molecule has 1 aromatic carbocycles. The molecule has 0 saturated carbocycles. The minimum atomic E-state index is -5.17. The summed E-state index contributed by atoms with van der Waals surface area (Å²) in [5.41, 5.74) is 1.49. The summed E-state index contributed by atoms with van der Waals surface area (Å²) >= 11 is 0. The van der Waals surface area contributed by atoms with E-state index >= 15 is 0 Å². The number of rotatable bonds is 6. The first kappa shape index (κ1) is 20.5. The number of anilines is 2. The van der Waals surface area contributed by atoms with Crippen LogP contribution in [0.15, 0.2) is 24.5 Å². The number of nitrogens with one attached hydrogen (secondary N) is 3. The number of H-pyrrole nitrogens is 1. The Kier molecular flexibility index (Phi) is 6.08. The third-order valence-electron chi connectivity index (χ3n) is 3.19. The van der Waals surface area contributed by atoms with Gasteiger partial charge in [0.25, 0.3) is 5.91 Å². The van der Waals surface area contributed by atoms with E-state index in [-0.39, 0.29) is 28.5 Å². The van der Waals surface area contributed by atoms with Crippen LogP contribution >= 0.6 is 0 Å². The third kappa shape index (κ3) is 4.69. The van der Waals surface area contributed by atoms with Crippen LogP contribution in [0.3, 0.4) is 0 Å². The van der Waals surface area contributed by atoms with Gasteiger partial charge in [-0.3, -0.25) is 4.79 Å². The number of imidazole rings is 1. The van der Waals surface area contributed by atoms with Gasteiger partial charge in [-0.05, 0) is 12.1 Å². The van der Waals surface area contributed by atoms with E-state index in [1.807, 2.05) is 5.48 Å². The van der Waals surface area contributed by atoms with Crippen molar-refractivity contribution in [2.24, 2.45) is 0 Å². The molecule has 10 nitrogen and oxygen atoms in total. The SMILES string of the molecule is COC(=O)c1[nH]cnc1C(=O)Nc1ccc(NOC(=O)C(F)(F)F)c(OC)c1. The second kappa shape index (κ2) is 8.28. The van der Waals surface area contributed by atoms with Crippen LogP contribution in [0.1, 0.15) is 21.0 Å². The normalized spacial score (nSPS) is 10.8. The number of halogens is 3. The van der Waals surface area contributed by atoms with E-state index in [9.17, 15) is 27.6 Å². The molecule has 2 rings (SSSR count). The molecule has 13 heteroatoms. The summed E-state index contributed by atoms with van der Waals surface area (Å²) in [6, 6.07) is 3.73. The summed E-state index contributed by atoms with van der Waals surface area (Å²) in [6.07, 6.45) is -4.04. The topological polar surface area (TPSA) is 132 Å². The number of amides is 1. The maximum Gasteiger partial charge on any atom is 0.493 e. The number of carbonyl (C=O) groups is 3. The van der Waals surface area contributed by atoms with Gasteiger partial charge in [0.15, 0.2) is 11.4 Å². The highest BCUT2D eigenvalue weighted by Gasteiger charge is 2.41. The molecule has 0 aliphatic heterocycles. The number of aromatic nitrogens is 2. The lowest BCUT2D eigenvalue weighted by Gasteiger charge is -2.13. The summed E-state index contributed by atoms with van der Waals surface area (Å²) in [6.45, 7) is 0.